The molecule has 16 heavy (non-hydrogen) atoms. The highest BCUT2D eigenvalue weighted by Crippen LogP contribution is 2.30. The van der Waals surface area contributed by atoms with Crippen molar-refractivity contribution >= 4 is 21.4 Å². The van der Waals surface area contributed by atoms with E-state index < -0.39 is 9.84 Å². The second kappa shape index (κ2) is 4.60. The summed E-state index contributed by atoms with van der Waals surface area (Å²) in [5.74, 6) is 0.665. The Kier molecular flexibility index (Phi) is 3.36. The van der Waals surface area contributed by atoms with E-state index in [0.717, 1.165) is 0 Å². The molecule has 86 valence electrons. The summed E-state index contributed by atoms with van der Waals surface area (Å²) in [6, 6.07) is 6.38. The minimum atomic E-state index is -3.22. The molecule has 1 saturated carbocycles. The quantitative estimate of drug-likeness (QED) is 0.776. The maximum absolute atomic E-state index is 11.9. The van der Waals surface area contributed by atoms with Crippen LogP contribution >= 0.6 is 11.6 Å². The number of sulfone groups is 1. The molecule has 0 bridgehead atoms. The first kappa shape index (κ1) is 11.7. The lowest BCUT2D eigenvalue weighted by Gasteiger charge is -2.01. The van der Waals surface area contributed by atoms with Gasteiger partial charge in [0, 0.05) is 5.02 Å². The zero-order valence-electron chi connectivity index (χ0n) is 8.77. The maximum atomic E-state index is 11.9. The third-order valence-electron chi connectivity index (χ3n) is 2.50. The van der Waals surface area contributed by atoms with E-state index in [1.807, 2.05) is 6.08 Å². The normalized spacial score (nSPS) is 16.8. The molecule has 1 aliphatic rings. The average molecular weight is 257 g/mol. The topological polar surface area (TPSA) is 34.1 Å². The van der Waals surface area contributed by atoms with E-state index in [1.54, 1.807) is 24.3 Å². The molecule has 4 heteroatoms. The Balaban J connectivity index is 2.11. The first-order chi connectivity index (χ1) is 7.58. The largest absolute Gasteiger partial charge is 0.223 e. The van der Waals surface area contributed by atoms with Crippen LogP contribution in [0.15, 0.2) is 41.3 Å². The van der Waals surface area contributed by atoms with Gasteiger partial charge in [-0.15, -0.1) is 0 Å². The summed E-state index contributed by atoms with van der Waals surface area (Å²) in [4.78, 5) is 0.292. The number of rotatable bonds is 4. The zero-order chi connectivity index (χ0) is 11.6. The molecular formula is C12H13ClO2S. The molecule has 0 aliphatic heterocycles. The molecule has 0 heterocycles. The highest BCUT2D eigenvalue weighted by molar-refractivity contribution is 7.91. The molecule has 1 aromatic rings. The Morgan fingerprint density at radius 3 is 2.75 bits per heavy atom. The van der Waals surface area contributed by atoms with E-state index in [9.17, 15) is 8.42 Å². The number of hydrogen-bond donors (Lipinski definition) is 0. The monoisotopic (exact) mass is 256 g/mol. The molecule has 0 radical (unpaired) electrons. The van der Waals surface area contributed by atoms with Crippen LogP contribution < -0.4 is 0 Å². The summed E-state index contributed by atoms with van der Waals surface area (Å²) in [7, 11) is -3.22. The summed E-state index contributed by atoms with van der Waals surface area (Å²) in [6.07, 6.45) is 6.11. The first-order valence-electron chi connectivity index (χ1n) is 5.23. The highest BCUT2D eigenvalue weighted by atomic mass is 35.5. The molecule has 2 nitrogen and oxygen atoms in total. The third kappa shape index (κ3) is 3.09. The van der Waals surface area contributed by atoms with Crippen molar-refractivity contribution in [2.75, 3.05) is 5.75 Å². The van der Waals surface area contributed by atoms with Gasteiger partial charge in [0.25, 0.3) is 0 Å². The molecule has 2 rings (SSSR count). The summed E-state index contributed by atoms with van der Waals surface area (Å²) in [5.41, 5.74) is 0. The zero-order valence-corrected chi connectivity index (χ0v) is 10.3. The molecule has 1 aromatic carbocycles. The molecular weight excluding hydrogens is 244 g/mol. The van der Waals surface area contributed by atoms with E-state index in [0.29, 0.717) is 15.8 Å². The van der Waals surface area contributed by atoms with Crippen molar-refractivity contribution in [2.45, 2.75) is 17.7 Å². The SMILES string of the molecule is O=S(=O)(CC=CC1CC1)c1cccc(Cl)c1. The Hall–Kier alpha value is -0.800. The number of benzene rings is 1. The summed E-state index contributed by atoms with van der Waals surface area (Å²) in [6.45, 7) is 0. The van der Waals surface area contributed by atoms with Crippen LogP contribution in [0.5, 0.6) is 0 Å². The first-order valence-corrected chi connectivity index (χ1v) is 7.26. The van der Waals surface area contributed by atoms with Crippen molar-refractivity contribution in [2.24, 2.45) is 5.92 Å². The fourth-order valence-electron chi connectivity index (χ4n) is 1.42. The van der Waals surface area contributed by atoms with Gasteiger partial charge in [-0.2, -0.15) is 0 Å². The minimum Gasteiger partial charge on any atom is -0.223 e. The van der Waals surface area contributed by atoms with Gasteiger partial charge in [-0.3, -0.25) is 0 Å². The lowest BCUT2D eigenvalue weighted by molar-refractivity contribution is 0.599. The maximum Gasteiger partial charge on any atom is 0.181 e. The fourth-order valence-corrected chi connectivity index (χ4v) is 2.82. The van der Waals surface area contributed by atoms with Gasteiger partial charge in [0.05, 0.1) is 10.6 Å². The Bertz CT molecular complexity index is 502. The lowest BCUT2D eigenvalue weighted by atomic mass is 10.4. The lowest BCUT2D eigenvalue weighted by Crippen LogP contribution is -2.04. The molecule has 1 fully saturated rings. The predicted molar refractivity (Wildman–Crippen MR) is 65.4 cm³/mol. The summed E-state index contributed by atoms with van der Waals surface area (Å²) < 4.78 is 23.8. The Morgan fingerprint density at radius 1 is 1.38 bits per heavy atom. The van der Waals surface area contributed by atoms with Gasteiger partial charge in [0.1, 0.15) is 0 Å². The van der Waals surface area contributed by atoms with Crippen LogP contribution in [0.25, 0.3) is 0 Å². The van der Waals surface area contributed by atoms with Gasteiger partial charge >= 0.3 is 0 Å². The van der Waals surface area contributed by atoms with Crippen LogP contribution in [-0.4, -0.2) is 14.2 Å². The van der Waals surface area contributed by atoms with Gasteiger partial charge in [-0.05, 0) is 37.0 Å². The second-order valence-electron chi connectivity index (χ2n) is 4.00. The minimum absolute atomic E-state index is 0.0594. The van der Waals surface area contributed by atoms with Crippen LogP contribution in [0.2, 0.25) is 5.02 Å². The van der Waals surface area contributed by atoms with Crippen molar-refractivity contribution in [3.63, 3.8) is 0 Å². The van der Waals surface area contributed by atoms with Crippen molar-refractivity contribution in [3.05, 3.63) is 41.4 Å². The van der Waals surface area contributed by atoms with Gasteiger partial charge in [-0.25, -0.2) is 8.42 Å². The number of halogens is 1. The Morgan fingerprint density at radius 2 is 2.12 bits per heavy atom. The van der Waals surface area contributed by atoms with E-state index in [2.05, 4.69) is 0 Å². The number of hydrogen-bond acceptors (Lipinski definition) is 2. The van der Waals surface area contributed by atoms with Gasteiger partial charge in [0.15, 0.2) is 9.84 Å². The van der Waals surface area contributed by atoms with Gasteiger partial charge in [0.2, 0.25) is 0 Å². The van der Waals surface area contributed by atoms with Crippen LogP contribution in [0, 0.1) is 5.92 Å². The molecule has 0 spiro atoms. The van der Waals surface area contributed by atoms with Gasteiger partial charge < -0.3 is 0 Å². The third-order valence-corrected chi connectivity index (χ3v) is 4.34. The van der Waals surface area contributed by atoms with Crippen LogP contribution in [0.3, 0.4) is 0 Å². The summed E-state index contributed by atoms with van der Waals surface area (Å²) >= 11 is 5.76. The van der Waals surface area contributed by atoms with E-state index >= 15 is 0 Å². The fraction of sp³-hybridized carbons (Fsp3) is 0.333. The highest BCUT2D eigenvalue weighted by Gasteiger charge is 2.18. The molecule has 0 amide bonds. The second-order valence-corrected chi connectivity index (χ2v) is 6.48. The smallest absolute Gasteiger partial charge is 0.181 e. The molecule has 0 unspecified atom stereocenters. The van der Waals surface area contributed by atoms with E-state index in [1.165, 1.54) is 18.9 Å². The van der Waals surface area contributed by atoms with Crippen molar-refractivity contribution in [1.82, 2.24) is 0 Å². The predicted octanol–water partition coefficient (Wildman–Crippen LogP) is 3.08. The number of allylic oxidation sites excluding steroid dienone is 1. The van der Waals surface area contributed by atoms with Crippen LogP contribution in [0.1, 0.15) is 12.8 Å². The molecule has 0 atom stereocenters. The van der Waals surface area contributed by atoms with Crippen molar-refractivity contribution in [3.8, 4) is 0 Å². The molecule has 0 aromatic heterocycles. The Labute approximate surface area is 101 Å². The van der Waals surface area contributed by atoms with E-state index in [4.69, 9.17) is 11.6 Å². The molecule has 0 N–H and O–H groups in total. The average Bonchev–Trinajstić information content (AvgIpc) is 3.01. The van der Waals surface area contributed by atoms with Crippen LogP contribution in [-0.2, 0) is 9.84 Å². The van der Waals surface area contributed by atoms with Crippen LogP contribution in [0.4, 0.5) is 0 Å². The molecule has 0 saturated heterocycles. The summed E-state index contributed by atoms with van der Waals surface area (Å²) in [5, 5.41) is 0.451. The standard InChI is InChI=1S/C12H13ClO2S/c13-11-4-1-5-12(9-11)16(14,15)8-2-3-10-6-7-10/h1-5,9-10H,6-8H2. The van der Waals surface area contributed by atoms with Gasteiger partial charge in [-0.1, -0.05) is 29.8 Å². The molecule has 1 aliphatic carbocycles. The van der Waals surface area contributed by atoms with Crippen molar-refractivity contribution in [1.29, 1.82) is 0 Å². The van der Waals surface area contributed by atoms with Crippen molar-refractivity contribution < 1.29 is 8.42 Å². The van der Waals surface area contributed by atoms with E-state index in [-0.39, 0.29) is 5.75 Å².